The van der Waals surface area contributed by atoms with Crippen LogP contribution >= 0.6 is 0 Å². The van der Waals surface area contributed by atoms with Crippen LogP contribution in [0.4, 0.5) is 0 Å². The number of rotatable bonds is 9. The Labute approximate surface area is 145 Å². The minimum absolute atomic E-state index is 0.0459. The van der Waals surface area contributed by atoms with Gasteiger partial charge >= 0.3 is 5.97 Å². The molecule has 0 saturated heterocycles. The van der Waals surface area contributed by atoms with Crippen molar-refractivity contribution < 1.29 is 30.0 Å². The molecule has 0 aliphatic heterocycles. The smallest absolute Gasteiger partial charge is 0.339 e. The van der Waals surface area contributed by atoms with Gasteiger partial charge in [0.1, 0.15) is 17.1 Å². The highest BCUT2D eigenvalue weighted by Gasteiger charge is 2.10. The fourth-order valence-corrected chi connectivity index (χ4v) is 2.52. The van der Waals surface area contributed by atoms with Crippen molar-refractivity contribution in [3.05, 3.63) is 47.5 Å². The Hall–Kier alpha value is -2.89. The molecule has 2 aromatic carbocycles. The minimum Gasteiger partial charge on any atom is -0.507 e. The number of phenols is 3. The van der Waals surface area contributed by atoms with E-state index in [2.05, 4.69) is 0 Å². The Morgan fingerprint density at radius 2 is 1.68 bits per heavy atom. The van der Waals surface area contributed by atoms with Crippen LogP contribution in [0, 0.1) is 0 Å². The molecule has 6 heteroatoms. The van der Waals surface area contributed by atoms with Crippen molar-refractivity contribution in [3.63, 3.8) is 0 Å². The van der Waals surface area contributed by atoms with Gasteiger partial charge in [-0.3, -0.25) is 0 Å². The summed E-state index contributed by atoms with van der Waals surface area (Å²) in [5.41, 5.74) is 0.591. The quantitative estimate of drug-likeness (QED) is 0.407. The lowest BCUT2D eigenvalue weighted by Crippen LogP contribution is -2.00. The zero-order valence-corrected chi connectivity index (χ0v) is 13.8. The number of carbonyl (C=O) groups is 1. The van der Waals surface area contributed by atoms with Gasteiger partial charge in [-0.25, -0.2) is 4.79 Å². The number of hydrogen-bond acceptors (Lipinski definition) is 5. The molecule has 25 heavy (non-hydrogen) atoms. The summed E-state index contributed by atoms with van der Waals surface area (Å²) in [7, 11) is 0. The molecule has 4 N–H and O–H groups in total. The summed E-state index contributed by atoms with van der Waals surface area (Å²) in [6, 6.07) is 9.10. The van der Waals surface area contributed by atoms with Gasteiger partial charge in [-0.15, -0.1) is 0 Å². The highest BCUT2D eigenvalue weighted by Crippen LogP contribution is 2.29. The molecule has 2 aromatic rings. The highest BCUT2D eigenvalue weighted by atomic mass is 16.5. The van der Waals surface area contributed by atoms with Gasteiger partial charge in [-0.1, -0.05) is 25.0 Å². The van der Waals surface area contributed by atoms with Crippen LogP contribution in [0.25, 0.3) is 0 Å². The van der Waals surface area contributed by atoms with E-state index in [1.165, 1.54) is 24.3 Å². The predicted molar refractivity (Wildman–Crippen MR) is 92.5 cm³/mol. The maximum absolute atomic E-state index is 10.8. The molecule has 0 amide bonds. The number of para-hydroxylation sites is 1. The van der Waals surface area contributed by atoms with E-state index in [0.29, 0.717) is 18.8 Å². The first-order chi connectivity index (χ1) is 12.0. The molecule has 0 fully saturated rings. The van der Waals surface area contributed by atoms with Gasteiger partial charge in [0.2, 0.25) is 0 Å². The van der Waals surface area contributed by atoms with Crippen LogP contribution in [0.5, 0.6) is 23.0 Å². The van der Waals surface area contributed by atoms with E-state index in [0.717, 1.165) is 31.2 Å². The van der Waals surface area contributed by atoms with Gasteiger partial charge in [0.15, 0.2) is 11.5 Å². The van der Waals surface area contributed by atoms with Crippen molar-refractivity contribution in [2.45, 2.75) is 32.1 Å². The van der Waals surface area contributed by atoms with E-state index >= 15 is 0 Å². The van der Waals surface area contributed by atoms with Gasteiger partial charge in [0.05, 0.1) is 6.61 Å². The fraction of sp³-hybridized carbons (Fsp3) is 0.316. The summed E-state index contributed by atoms with van der Waals surface area (Å²) in [4.78, 5) is 10.8. The van der Waals surface area contributed by atoms with Crippen molar-refractivity contribution in [2.75, 3.05) is 6.61 Å². The van der Waals surface area contributed by atoms with E-state index in [1.54, 1.807) is 12.1 Å². The predicted octanol–water partition coefficient (Wildman–Crippen LogP) is 3.68. The van der Waals surface area contributed by atoms with Crippen LogP contribution in [0.3, 0.4) is 0 Å². The van der Waals surface area contributed by atoms with Crippen LogP contribution < -0.4 is 4.74 Å². The molecule has 0 unspecified atom stereocenters. The Morgan fingerprint density at radius 1 is 0.920 bits per heavy atom. The molecule has 0 bridgehead atoms. The molecular weight excluding hydrogens is 324 g/mol. The lowest BCUT2D eigenvalue weighted by atomic mass is 10.0. The summed E-state index contributed by atoms with van der Waals surface area (Å²) in [6.45, 7) is 0.475. The SMILES string of the molecule is O=C(O)c1ccc(OCCCCCCc2cccc(O)c2O)cc1O. The zero-order valence-electron chi connectivity index (χ0n) is 13.8. The Kier molecular flexibility index (Phi) is 6.51. The lowest BCUT2D eigenvalue weighted by molar-refractivity contribution is 0.0693. The van der Waals surface area contributed by atoms with Gasteiger partial charge < -0.3 is 25.2 Å². The number of unbranched alkanes of at least 4 members (excludes halogenated alkanes) is 3. The topological polar surface area (TPSA) is 107 Å². The van der Waals surface area contributed by atoms with Crippen LogP contribution in [0.15, 0.2) is 36.4 Å². The first kappa shape index (κ1) is 18.4. The van der Waals surface area contributed by atoms with Crippen molar-refractivity contribution in [1.82, 2.24) is 0 Å². The second-order valence-corrected chi connectivity index (χ2v) is 5.78. The number of ether oxygens (including phenoxy) is 1. The van der Waals surface area contributed by atoms with Gasteiger partial charge in [-0.05, 0) is 43.0 Å². The number of aromatic hydroxyl groups is 3. The Balaban J connectivity index is 1.64. The van der Waals surface area contributed by atoms with Crippen LogP contribution in [0.1, 0.15) is 41.6 Å². The van der Waals surface area contributed by atoms with E-state index in [9.17, 15) is 20.1 Å². The fourth-order valence-electron chi connectivity index (χ4n) is 2.52. The number of aryl methyl sites for hydroxylation is 1. The normalized spacial score (nSPS) is 10.6. The third-order valence-corrected chi connectivity index (χ3v) is 3.91. The van der Waals surface area contributed by atoms with Crippen molar-refractivity contribution >= 4 is 5.97 Å². The number of carboxylic acids is 1. The molecule has 0 radical (unpaired) electrons. The molecule has 2 rings (SSSR count). The molecule has 0 heterocycles. The van der Waals surface area contributed by atoms with Gasteiger partial charge in [-0.2, -0.15) is 0 Å². The number of phenolic OH excluding ortho intramolecular Hbond substituents is 2. The second kappa shape index (κ2) is 8.82. The van der Waals surface area contributed by atoms with E-state index < -0.39 is 5.97 Å². The molecule has 0 spiro atoms. The first-order valence-electron chi connectivity index (χ1n) is 8.18. The van der Waals surface area contributed by atoms with Gasteiger partial charge in [0.25, 0.3) is 0 Å². The molecular formula is C19H22O6. The third-order valence-electron chi connectivity index (χ3n) is 3.91. The average Bonchev–Trinajstić information content (AvgIpc) is 2.57. The Morgan fingerprint density at radius 3 is 2.40 bits per heavy atom. The van der Waals surface area contributed by atoms with Crippen LogP contribution in [-0.4, -0.2) is 33.0 Å². The molecule has 0 aliphatic rings. The standard InChI is InChI=1S/C19H22O6/c20-16-8-5-7-13(18(16)22)6-3-1-2-4-11-25-14-9-10-15(19(23)24)17(21)12-14/h5,7-10,12,20-22H,1-4,6,11H2,(H,23,24). The molecule has 6 nitrogen and oxygen atoms in total. The van der Waals surface area contributed by atoms with Crippen molar-refractivity contribution in [1.29, 1.82) is 0 Å². The number of hydrogen-bond donors (Lipinski definition) is 4. The summed E-state index contributed by atoms with van der Waals surface area (Å²) < 4.78 is 5.50. The maximum atomic E-state index is 10.8. The van der Waals surface area contributed by atoms with Crippen molar-refractivity contribution in [3.8, 4) is 23.0 Å². The monoisotopic (exact) mass is 346 g/mol. The number of benzene rings is 2. The molecule has 0 aromatic heterocycles. The Bertz CT molecular complexity index is 726. The summed E-state index contributed by atoms with van der Waals surface area (Å²) in [5.74, 6) is -1.19. The highest BCUT2D eigenvalue weighted by molar-refractivity contribution is 5.90. The lowest BCUT2D eigenvalue weighted by Gasteiger charge is -2.08. The van der Waals surface area contributed by atoms with E-state index in [4.69, 9.17) is 9.84 Å². The molecule has 134 valence electrons. The van der Waals surface area contributed by atoms with Crippen LogP contribution in [0.2, 0.25) is 0 Å². The summed E-state index contributed by atoms with van der Waals surface area (Å²) >= 11 is 0. The molecule has 0 atom stereocenters. The number of aromatic carboxylic acids is 1. The molecule has 0 aliphatic carbocycles. The maximum Gasteiger partial charge on any atom is 0.339 e. The number of carboxylic acid groups (broad SMARTS) is 1. The van der Waals surface area contributed by atoms with Crippen LogP contribution in [-0.2, 0) is 6.42 Å². The summed E-state index contributed by atoms with van der Waals surface area (Å²) in [6.07, 6.45) is 4.32. The largest absolute Gasteiger partial charge is 0.507 e. The van der Waals surface area contributed by atoms with Gasteiger partial charge in [0, 0.05) is 6.07 Å². The zero-order chi connectivity index (χ0) is 18.2. The second-order valence-electron chi connectivity index (χ2n) is 5.78. The molecule has 0 saturated carbocycles. The first-order valence-corrected chi connectivity index (χ1v) is 8.18. The summed E-state index contributed by atoms with van der Waals surface area (Å²) in [5, 5.41) is 37.6. The average molecular weight is 346 g/mol. The minimum atomic E-state index is -1.18. The van der Waals surface area contributed by atoms with Crippen molar-refractivity contribution in [2.24, 2.45) is 0 Å². The van der Waals surface area contributed by atoms with E-state index in [1.807, 2.05) is 0 Å². The third kappa shape index (κ3) is 5.31. The van der Waals surface area contributed by atoms with E-state index in [-0.39, 0.29) is 22.8 Å².